The standard InChI is InChI=1S/C27H21F4N5O3/c1-38-19-8-5-15(6-9-19)24-35-25-20(11-12-39-25)23(32)36(24)18-4-2-3-17(14-18)33-26(37)34-22-13-16(27(29,30)31)7-10-21(22)28/h2-14,23H,32H2,1H3,(H2,33,34,37). The van der Waals surface area contributed by atoms with Gasteiger partial charge < -0.3 is 30.4 Å². The number of benzene rings is 3. The van der Waals surface area contributed by atoms with Gasteiger partial charge in [-0.15, -0.1) is 0 Å². The Labute approximate surface area is 219 Å². The number of nitrogens with two attached hydrogens (primary N) is 1. The molecular formula is C27H21F4N5O3. The van der Waals surface area contributed by atoms with Gasteiger partial charge in [0.15, 0.2) is 0 Å². The molecule has 0 saturated carbocycles. The summed E-state index contributed by atoms with van der Waals surface area (Å²) >= 11 is 0. The van der Waals surface area contributed by atoms with Gasteiger partial charge in [-0.05, 0) is 66.7 Å². The van der Waals surface area contributed by atoms with Crippen LogP contribution in [0.15, 0.2) is 88.5 Å². The van der Waals surface area contributed by atoms with E-state index in [0.29, 0.717) is 52.5 Å². The van der Waals surface area contributed by atoms with Gasteiger partial charge in [0, 0.05) is 16.9 Å². The monoisotopic (exact) mass is 539 g/mol. The van der Waals surface area contributed by atoms with Crippen LogP contribution >= 0.6 is 0 Å². The minimum Gasteiger partial charge on any atom is -0.497 e. The summed E-state index contributed by atoms with van der Waals surface area (Å²) in [7, 11) is 1.56. The predicted molar refractivity (Wildman–Crippen MR) is 138 cm³/mol. The first-order chi connectivity index (χ1) is 18.6. The Morgan fingerprint density at radius 3 is 2.54 bits per heavy atom. The molecular weight excluding hydrogens is 518 g/mol. The van der Waals surface area contributed by atoms with Gasteiger partial charge in [-0.2, -0.15) is 18.2 Å². The fourth-order valence-electron chi connectivity index (χ4n) is 4.09. The molecule has 200 valence electrons. The Morgan fingerprint density at radius 1 is 1.05 bits per heavy atom. The first-order valence-corrected chi connectivity index (χ1v) is 11.5. The van der Waals surface area contributed by atoms with Crippen molar-refractivity contribution in [3.8, 4) is 5.75 Å². The molecule has 0 bridgehead atoms. The molecule has 2 amide bonds. The molecule has 0 spiro atoms. The lowest BCUT2D eigenvalue weighted by molar-refractivity contribution is -0.137. The summed E-state index contributed by atoms with van der Waals surface area (Å²) in [5, 5.41) is 4.64. The summed E-state index contributed by atoms with van der Waals surface area (Å²) in [6.07, 6.45) is -3.91. The Kier molecular flexibility index (Phi) is 6.71. The summed E-state index contributed by atoms with van der Waals surface area (Å²) in [5.41, 5.74) is 7.07. The van der Waals surface area contributed by atoms with Crippen molar-refractivity contribution < 1.29 is 31.5 Å². The van der Waals surface area contributed by atoms with E-state index < -0.39 is 35.4 Å². The van der Waals surface area contributed by atoms with E-state index in [1.54, 1.807) is 54.5 Å². The number of nitrogens with one attached hydrogen (secondary N) is 2. The lowest BCUT2D eigenvalue weighted by Gasteiger charge is -2.34. The molecule has 12 heteroatoms. The topological polar surface area (TPSA) is 105 Å². The number of hydrogen-bond acceptors (Lipinski definition) is 6. The number of rotatable bonds is 5. The number of methoxy groups -OCH3 is 1. The highest BCUT2D eigenvalue weighted by Gasteiger charge is 2.32. The van der Waals surface area contributed by atoms with Crippen LogP contribution in [0, 0.1) is 5.82 Å². The number of urea groups is 1. The van der Waals surface area contributed by atoms with Crippen molar-refractivity contribution in [1.82, 2.24) is 0 Å². The Bertz CT molecular complexity index is 1550. The molecule has 1 aromatic heterocycles. The van der Waals surface area contributed by atoms with E-state index in [-0.39, 0.29) is 5.69 Å². The van der Waals surface area contributed by atoms with Crippen molar-refractivity contribution in [3.05, 3.63) is 102 Å². The molecule has 2 heterocycles. The SMILES string of the molecule is COc1ccc(C2=Nc3occc3C(N)N2c2cccc(NC(=O)Nc3cc(C(F)(F)F)ccc3F)c2)cc1. The molecule has 4 aromatic rings. The molecule has 0 aliphatic carbocycles. The van der Waals surface area contributed by atoms with Crippen molar-refractivity contribution >= 4 is 34.8 Å². The molecule has 1 aliphatic heterocycles. The van der Waals surface area contributed by atoms with E-state index in [0.717, 1.165) is 0 Å². The van der Waals surface area contributed by atoms with Crippen LogP contribution in [0.1, 0.15) is 22.9 Å². The Hall–Kier alpha value is -4.84. The highest BCUT2D eigenvalue weighted by Crippen LogP contribution is 2.38. The van der Waals surface area contributed by atoms with Gasteiger partial charge in [-0.3, -0.25) is 0 Å². The number of anilines is 3. The maximum atomic E-state index is 14.1. The molecule has 1 aliphatic rings. The van der Waals surface area contributed by atoms with Crippen LogP contribution in [0.4, 0.5) is 45.3 Å². The van der Waals surface area contributed by atoms with Gasteiger partial charge in [-0.1, -0.05) is 6.07 Å². The predicted octanol–water partition coefficient (Wildman–Crippen LogP) is 6.65. The highest BCUT2D eigenvalue weighted by molar-refractivity contribution is 6.12. The number of aliphatic imine (C=N–C) groups is 1. The summed E-state index contributed by atoms with van der Waals surface area (Å²) in [6.45, 7) is 0. The maximum absolute atomic E-state index is 14.1. The second-order valence-electron chi connectivity index (χ2n) is 8.48. The smallest absolute Gasteiger partial charge is 0.416 e. The van der Waals surface area contributed by atoms with Crippen LogP contribution in [0.25, 0.3) is 0 Å². The fraction of sp³-hybridized carbons (Fsp3) is 0.111. The Balaban J connectivity index is 1.42. The number of amidine groups is 1. The van der Waals surface area contributed by atoms with E-state index in [9.17, 15) is 22.4 Å². The summed E-state index contributed by atoms with van der Waals surface area (Å²) in [5.74, 6) is 0.475. The van der Waals surface area contributed by atoms with Crippen molar-refractivity contribution in [2.75, 3.05) is 22.6 Å². The first-order valence-electron chi connectivity index (χ1n) is 11.5. The summed E-state index contributed by atoms with van der Waals surface area (Å²) in [6, 6.07) is 16.3. The molecule has 4 N–H and O–H groups in total. The molecule has 5 rings (SSSR count). The minimum absolute atomic E-state index is 0.275. The third-order valence-electron chi connectivity index (χ3n) is 5.98. The first kappa shape index (κ1) is 25.8. The second-order valence-corrected chi connectivity index (χ2v) is 8.48. The second kappa shape index (κ2) is 10.1. The third-order valence-corrected chi connectivity index (χ3v) is 5.98. The van der Waals surface area contributed by atoms with E-state index >= 15 is 0 Å². The van der Waals surface area contributed by atoms with E-state index in [2.05, 4.69) is 15.6 Å². The number of fused-ring (bicyclic) bond motifs is 1. The highest BCUT2D eigenvalue weighted by atomic mass is 19.4. The van der Waals surface area contributed by atoms with Gasteiger partial charge in [0.1, 0.15) is 23.6 Å². The van der Waals surface area contributed by atoms with Crippen LogP contribution in [-0.2, 0) is 6.18 Å². The molecule has 0 saturated heterocycles. The van der Waals surface area contributed by atoms with E-state index in [1.807, 2.05) is 12.1 Å². The van der Waals surface area contributed by atoms with Gasteiger partial charge in [0.2, 0.25) is 5.88 Å². The van der Waals surface area contributed by atoms with Gasteiger partial charge in [0.05, 0.1) is 30.2 Å². The fourth-order valence-corrected chi connectivity index (χ4v) is 4.09. The molecule has 1 atom stereocenters. The van der Waals surface area contributed by atoms with Crippen molar-refractivity contribution in [3.63, 3.8) is 0 Å². The lowest BCUT2D eigenvalue weighted by Crippen LogP contribution is -2.42. The van der Waals surface area contributed by atoms with Gasteiger partial charge in [-0.25, -0.2) is 9.18 Å². The largest absolute Gasteiger partial charge is 0.497 e. The number of carbonyl (C=O) groups is 1. The van der Waals surface area contributed by atoms with Gasteiger partial charge >= 0.3 is 12.2 Å². The summed E-state index contributed by atoms with van der Waals surface area (Å²) < 4.78 is 63.9. The van der Waals surface area contributed by atoms with Crippen LogP contribution in [0.3, 0.4) is 0 Å². The number of ether oxygens (including phenoxy) is 1. The third kappa shape index (κ3) is 5.27. The van der Waals surface area contributed by atoms with Crippen LogP contribution in [-0.4, -0.2) is 19.0 Å². The van der Waals surface area contributed by atoms with Crippen molar-refractivity contribution in [1.29, 1.82) is 0 Å². The zero-order chi connectivity index (χ0) is 27.7. The number of amides is 2. The number of furan rings is 1. The maximum Gasteiger partial charge on any atom is 0.416 e. The van der Waals surface area contributed by atoms with Crippen LogP contribution in [0.5, 0.6) is 5.75 Å². The number of halogens is 4. The van der Waals surface area contributed by atoms with E-state index in [4.69, 9.17) is 14.9 Å². The molecule has 3 aromatic carbocycles. The molecule has 0 fully saturated rings. The molecule has 8 nitrogen and oxygen atoms in total. The zero-order valence-corrected chi connectivity index (χ0v) is 20.3. The summed E-state index contributed by atoms with van der Waals surface area (Å²) in [4.78, 5) is 19.0. The number of hydrogen-bond donors (Lipinski definition) is 3. The van der Waals surface area contributed by atoms with Gasteiger partial charge in [0.25, 0.3) is 0 Å². The average molecular weight is 539 g/mol. The number of nitrogens with zero attached hydrogens (tertiary/aromatic N) is 2. The number of alkyl halides is 3. The quantitative estimate of drug-likeness (QED) is 0.247. The molecule has 0 radical (unpaired) electrons. The normalized spacial score (nSPS) is 14.9. The number of carbonyl (C=O) groups excluding carboxylic acids is 1. The van der Waals surface area contributed by atoms with Crippen molar-refractivity contribution in [2.45, 2.75) is 12.3 Å². The minimum atomic E-state index is -4.69. The van der Waals surface area contributed by atoms with E-state index in [1.165, 1.54) is 6.26 Å². The lowest BCUT2D eigenvalue weighted by atomic mass is 10.1. The molecule has 1 unspecified atom stereocenters. The zero-order valence-electron chi connectivity index (χ0n) is 20.3. The van der Waals surface area contributed by atoms with Crippen molar-refractivity contribution in [2.24, 2.45) is 10.7 Å². The molecule has 39 heavy (non-hydrogen) atoms. The average Bonchev–Trinajstić information content (AvgIpc) is 3.39. The van der Waals surface area contributed by atoms with Crippen LogP contribution < -0.4 is 26.0 Å². The van der Waals surface area contributed by atoms with Crippen LogP contribution in [0.2, 0.25) is 0 Å². The Morgan fingerprint density at radius 2 is 1.82 bits per heavy atom.